The van der Waals surface area contributed by atoms with E-state index >= 15 is 0 Å². The Hall–Kier alpha value is -1.35. The van der Waals surface area contributed by atoms with Crippen LogP contribution in [0.5, 0.6) is 0 Å². The predicted octanol–water partition coefficient (Wildman–Crippen LogP) is 2.31. The third-order valence-corrected chi connectivity index (χ3v) is 3.68. The molecule has 18 heavy (non-hydrogen) atoms. The minimum atomic E-state index is -0.0242. The monoisotopic (exact) mass is 246 g/mol. The summed E-state index contributed by atoms with van der Waals surface area (Å²) in [6.07, 6.45) is 4.56. The van der Waals surface area contributed by atoms with Crippen molar-refractivity contribution in [3.8, 4) is 0 Å². The Morgan fingerprint density at radius 1 is 1.50 bits per heavy atom. The van der Waals surface area contributed by atoms with Crippen molar-refractivity contribution in [1.82, 2.24) is 5.32 Å². The molecule has 1 aliphatic rings. The molecule has 0 heterocycles. The van der Waals surface area contributed by atoms with E-state index in [2.05, 4.69) is 23.5 Å². The van der Waals surface area contributed by atoms with Crippen LogP contribution in [0.25, 0.3) is 0 Å². The van der Waals surface area contributed by atoms with E-state index < -0.39 is 0 Å². The quantitative estimate of drug-likeness (QED) is 0.856. The molecule has 0 fully saturated rings. The summed E-state index contributed by atoms with van der Waals surface area (Å²) in [5.41, 5.74) is 8.46. The number of hydrogen-bond acceptors (Lipinski definition) is 2. The first-order chi connectivity index (χ1) is 8.70. The number of aryl methyl sites for hydroxylation is 1. The first-order valence-electron chi connectivity index (χ1n) is 6.83. The van der Waals surface area contributed by atoms with Crippen LogP contribution >= 0.6 is 0 Å². The molecule has 2 rings (SSSR count). The lowest BCUT2D eigenvalue weighted by molar-refractivity contribution is -0.122. The normalized spacial score (nSPS) is 20.0. The second-order valence-corrected chi connectivity index (χ2v) is 5.08. The molecular formula is C15H22N2O. The van der Waals surface area contributed by atoms with Crippen LogP contribution in [0, 0.1) is 0 Å². The van der Waals surface area contributed by atoms with E-state index in [4.69, 9.17) is 5.73 Å². The molecule has 0 saturated carbocycles. The summed E-state index contributed by atoms with van der Waals surface area (Å²) in [6.45, 7) is 2.01. The van der Waals surface area contributed by atoms with Gasteiger partial charge >= 0.3 is 0 Å². The average Bonchev–Trinajstić information content (AvgIpc) is 2.39. The van der Waals surface area contributed by atoms with Gasteiger partial charge in [0.15, 0.2) is 0 Å². The highest BCUT2D eigenvalue weighted by atomic mass is 16.1. The first-order valence-corrected chi connectivity index (χ1v) is 6.83. The zero-order valence-corrected chi connectivity index (χ0v) is 11.0. The van der Waals surface area contributed by atoms with Gasteiger partial charge in [-0.15, -0.1) is 0 Å². The molecule has 1 aromatic rings. The molecule has 0 aliphatic heterocycles. The summed E-state index contributed by atoms with van der Waals surface area (Å²) < 4.78 is 0. The average molecular weight is 246 g/mol. The van der Waals surface area contributed by atoms with Crippen molar-refractivity contribution in [3.05, 3.63) is 35.4 Å². The molecule has 0 spiro atoms. The van der Waals surface area contributed by atoms with Gasteiger partial charge in [-0.2, -0.15) is 0 Å². The predicted molar refractivity (Wildman–Crippen MR) is 73.1 cm³/mol. The van der Waals surface area contributed by atoms with Gasteiger partial charge in [0.05, 0.1) is 6.04 Å². The van der Waals surface area contributed by atoms with Crippen molar-refractivity contribution in [3.63, 3.8) is 0 Å². The smallest absolute Gasteiger partial charge is 0.222 e. The van der Waals surface area contributed by atoms with Gasteiger partial charge in [0.25, 0.3) is 0 Å². The zero-order chi connectivity index (χ0) is 13.0. The van der Waals surface area contributed by atoms with Gasteiger partial charge in [-0.1, -0.05) is 31.2 Å². The molecule has 0 radical (unpaired) electrons. The Labute approximate surface area is 109 Å². The van der Waals surface area contributed by atoms with E-state index in [9.17, 15) is 4.79 Å². The molecule has 98 valence electrons. The fourth-order valence-corrected chi connectivity index (χ4v) is 2.54. The third kappa shape index (κ3) is 3.10. The second kappa shape index (κ2) is 6.01. The zero-order valence-electron chi connectivity index (χ0n) is 11.0. The summed E-state index contributed by atoms with van der Waals surface area (Å²) >= 11 is 0. The summed E-state index contributed by atoms with van der Waals surface area (Å²) in [6, 6.07) is 8.54. The highest BCUT2D eigenvalue weighted by Gasteiger charge is 2.21. The number of nitrogens with one attached hydrogen (secondary N) is 1. The molecule has 1 aromatic carbocycles. The number of carbonyl (C=O) groups excluding carboxylic acids is 1. The van der Waals surface area contributed by atoms with E-state index in [-0.39, 0.29) is 18.0 Å². The van der Waals surface area contributed by atoms with Crippen molar-refractivity contribution in [1.29, 1.82) is 0 Å². The van der Waals surface area contributed by atoms with Crippen LogP contribution in [0.1, 0.15) is 49.8 Å². The number of rotatable bonds is 4. The Kier molecular flexibility index (Phi) is 4.37. The van der Waals surface area contributed by atoms with Crippen LogP contribution in [-0.2, 0) is 11.2 Å². The molecule has 0 aromatic heterocycles. The number of hydrogen-bond donors (Lipinski definition) is 2. The molecule has 1 amide bonds. The van der Waals surface area contributed by atoms with Crippen LogP contribution in [0.15, 0.2) is 24.3 Å². The minimum absolute atomic E-state index is 0.0242. The fourth-order valence-electron chi connectivity index (χ4n) is 2.54. The minimum Gasteiger partial charge on any atom is -0.349 e. The summed E-state index contributed by atoms with van der Waals surface area (Å²) in [5.74, 6) is 0.0750. The number of carbonyl (C=O) groups is 1. The van der Waals surface area contributed by atoms with Gasteiger partial charge < -0.3 is 11.1 Å². The molecule has 0 saturated heterocycles. The molecule has 3 nitrogen and oxygen atoms in total. The van der Waals surface area contributed by atoms with Crippen LogP contribution in [0.2, 0.25) is 0 Å². The van der Waals surface area contributed by atoms with Crippen LogP contribution in [0.3, 0.4) is 0 Å². The molecule has 1 aliphatic carbocycles. The van der Waals surface area contributed by atoms with Gasteiger partial charge in [-0.3, -0.25) is 4.79 Å². The van der Waals surface area contributed by atoms with Gasteiger partial charge in [0, 0.05) is 12.5 Å². The fraction of sp³-hybridized carbons (Fsp3) is 0.533. The lowest BCUT2D eigenvalue weighted by atomic mass is 9.87. The topological polar surface area (TPSA) is 55.1 Å². The molecule has 2 unspecified atom stereocenters. The van der Waals surface area contributed by atoms with E-state index in [0.29, 0.717) is 6.42 Å². The van der Waals surface area contributed by atoms with Crippen LogP contribution in [-0.4, -0.2) is 11.9 Å². The maximum Gasteiger partial charge on any atom is 0.222 e. The summed E-state index contributed by atoms with van der Waals surface area (Å²) in [5, 5.41) is 3.12. The Balaban J connectivity index is 2.01. The van der Waals surface area contributed by atoms with Gasteiger partial charge in [-0.05, 0) is 36.8 Å². The van der Waals surface area contributed by atoms with Gasteiger partial charge in [-0.25, -0.2) is 0 Å². The first kappa shape index (κ1) is 13.1. The third-order valence-electron chi connectivity index (χ3n) is 3.68. The Bertz CT molecular complexity index is 417. The van der Waals surface area contributed by atoms with Crippen molar-refractivity contribution in [2.45, 2.75) is 51.1 Å². The van der Waals surface area contributed by atoms with Crippen molar-refractivity contribution in [2.24, 2.45) is 5.73 Å². The largest absolute Gasteiger partial charge is 0.349 e. The van der Waals surface area contributed by atoms with Gasteiger partial charge in [0.1, 0.15) is 0 Å². The number of amides is 1. The number of fused-ring (bicyclic) bond motifs is 1. The van der Waals surface area contributed by atoms with Crippen molar-refractivity contribution < 1.29 is 4.79 Å². The Morgan fingerprint density at radius 3 is 3.06 bits per heavy atom. The lowest BCUT2D eigenvalue weighted by Gasteiger charge is -2.26. The lowest BCUT2D eigenvalue weighted by Crippen LogP contribution is -2.35. The highest BCUT2D eigenvalue weighted by Crippen LogP contribution is 2.29. The Morgan fingerprint density at radius 2 is 2.28 bits per heavy atom. The van der Waals surface area contributed by atoms with Crippen molar-refractivity contribution >= 4 is 5.91 Å². The summed E-state index contributed by atoms with van der Waals surface area (Å²) in [4.78, 5) is 11.9. The maximum atomic E-state index is 11.9. The summed E-state index contributed by atoms with van der Waals surface area (Å²) in [7, 11) is 0. The van der Waals surface area contributed by atoms with Gasteiger partial charge in [0.2, 0.25) is 5.91 Å². The molecule has 3 heteroatoms. The molecule has 3 N–H and O–H groups in total. The van der Waals surface area contributed by atoms with Crippen molar-refractivity contribution in [2.75, 3.05) is 0 Å². The number of benzene rings is 1. The van der Waals surface area contributed by atoms with E-state index in [0.717, 1.165) is 25.7 Å². The SMILES string of the molecule is CCC(N)CC(=O)NC1CCCc2ccccc21. The van der Waals surface area contributed by atoms with E-state index in [1.165, 1.54) is 11.1 Å². The molecule has 2 atom stereocenters. The standard InChI is InChI=1S/C15H22N2O/c1-2-12(16)10-15(18)17-14-9-5-7-11-6-3-4-8-13(11)14/h3-4,6,8,12,14H,2,5,7,9-10,16H2,1H3,(H,17,18). The van der Waals surface area contributed by atoms with Crippen LogP contribution < -0.4 is 11.1 Å². The maximum absolute atomic E-state index is 11.9. The second-order valence-electron chi connectivity index (χ2n) is 5.08. The number of nitrogens with two attached hydrogens (primary N) is 1. The van der Waals surface area contributed by atoms with E-state index in [1.54, 1.807) is 0 Å². The molecule has 0 bridgehead atoms. The highest BCUT2D eigenvalue weighted by molar-refractivity contribution is 5.77. The van der Waals surface area contributed by atoms with E-state index in [1.807, 2.05) is 13.0 Å². The van der Waals surface area contributed by atoms with Crippen LogP contribution in [0.4, 0.5) is 0 Å². The molecular weight excluding hydrogens is 224 g/mol.